The predicted octanol–water partition coefficient (Wildman–Crippen LogP) is 3.72. The number of carbonyl (C=O) groups is 1. The van der Waals surface area contributed by atoms with Crippen molar-refractivity contribution < 1.29 is 17.9 Å². The smallest absolute Gasteiger partial charge is 0.268 e. The molecule has 11 heteroatoms. The highest BCUT2D eigenvalue weighted by Gasteiger charge is 2.17. The number of hydrogen-bond acceptors (Lipinski definition) is 8. The third-order valence-electron chi connectivity index (χ3n) is 3.83. The summed E-state index contributed by atoms with van der Waals surface area (Å²) < 4.78 is 32.2. The molecule has 1 heterocycles. The molecule has 0 fully saturated rings. The van der Waals surface area contributed by atoms with E-state index >= 15 is 0 Å². The van der Waals surface area contributed by atoms with Crippen molar-refractivity contribution in [2.45, 2.75) is 11.8 Å². The molecule has 31 heavy (non-hydrogen) atoms. The molecule has 3 rings (SSSR count). The van der Waals surface area contributed by atoms with Crippen LogP contribution in [0.15, 0.2) is 59.3 Å². The van der Waals surface area contributed by atoms with Gasteiger partial charge in [0.25, 0.3) is 11.1 Å². The number of halogens is 1. The Morgan fingerprint density at radius 1 is 1.29 bits per heavy atom. The third kappa shape index (κ3) is 6.11. The Hall–Kier alpha value is -3.26. The van der Waals surface area contributed by atoms with Gasteiger partial charge in [0.05, 0.1) is 5.02 Å². The Kier molecular flexibility index (Phi) is 7.02. The number of nitrogens with zero attached hydrogens (tertiary/aromatic N) is 3. The van der Waals surface area contributed by atoms with Crippen LogP contribution in [0.25, 0.3) is 6.08 Å². The first kappa shape index (κ1) is 22.4. The standard InChI is InChI=1S/C20H15ClN4O4S2/c1-31(27,28)20-24-19(30-25-20)23-18(26)15(11-22)9-14-7-8-17(16(21)10-14)29-12-13-5-3-2-4-6-13/h2-10H,12H2,1H3,(H,23,24,25,26)/b15-9-. The average Bonchev–Trinajstić information content (AvgIpc) is 3.21. The molecule has 0 bridgehead atoms. The van der Waals surface area contributed by atoms with Gasteiger partial charge in [-0.1, -0.05) is 48.0 Å². The van der Waals surface area contributed by atoms with Crippen molar-refractivity contribution in [3.63, 3.8) is 0 Å². The fraction of sp³-hybridized carbons (Fsp3) is 0.100. The summed E-state index contributed by atoms with van der Waals surface area (Å²) >= 11 is 6.97. The molecule has 3 aromatic rings. The largest absolute Gasteiger partial charge is 0.487 e. The Labute approximate surface area is 187 Å². The molecule has 0 atom stereocenters. The summed E-state index contributed by atoms with van der Waals surface area (Å²) in [7, 11) is -3.59. The summed E-state index contributed by atoms with van der Waals surface area (Å²) in [6, 6.07) is 16.3. The normalized spacial score (nSPS) is 11.6. The lowest BCUT2D eigenvalue weighted by molar-refractivity contribution is -0.112. The monoisotopic (exact) mass is 474 g/mol. The van der Waals surface area contributed by atoms with Crippen molar-refractivity contribution in [2.24, 2.45) is 0 Å². The van der Waals surface area contributed by atoms with Crippen molar-refractivity contribution in [3.05, 3.63) is 70.3 Å². The van der Waals surface area contributed by atoms with Crippen LogP contribution in [0.4, 0.5) is 5.13 Å². The zero-order valence-electron chi connectivity index (χ0n) is 16.1. The minimum absolute atomic E-state index is 0.0331. The van der Waals surface area contributed by atoms with Gasteiger partial charge in [-0.15, -0.1) is 0 Å². The summed E-state index contributed by atoms with van der Waals surface area (Å²) in [4.78, 5) is 16.1. The van der Waals surface area contributed by atoms with Crippen LogP contribution >= 0.6 is 23.1 Å². The van der Waals surface area contributed by atoms with Gasteiger partial charge in [0, 0.05) is 17.8 Å². The highest BCUT2D eigenvalue weighted by atomic mass is 35.5. The lowest BCUT2D eigenvalue weighted by Crippen LogP contribution is -2.13. The second kappa shape index (κ2) is 9.70. The Balaban J connectivity index is 1.71. The van der Waals surface area contributed by atoms with E-state index in [2.05, 4.69) is 14.7 Å². The van der Waals surface area contributed by atoms with E-state index < -0.39 is 20.9 Å². The van der Waals surface area contributed by atoms with E-state index in [0.717, 1.165) is 11.8 Å². The van der Waals surface area contributed by atoms with Crippen molar-refractivity contribution >= 4 is 50.1 Å². The second-order valence-electron chi connectivity index (χ2n) is 6.24. The van der Waals surface area contributed by atoms with E-state index in [4.69, 9.17) is 16.3 Å². The van der Waals surface area contributed by atoms with Gasteiger partial charge in [0.1, 0.15) is 24.0 Å². The zero-order chi connectivity index (χ0) is 22.4. The molecule has 0 spiro atoms. The minimum atomic E-state index is -3.59. The Bertz CT molecular complexity index is 1280. The minimum Gasteiger partial charge on any atom is -0.487 e. The van der Waals surface area contributed by atoms with Gasteiger partial charge in [0.2, 0.25) is 15.0 Å². The molecule has 0 aliphatic heterocycles. The topological polar surface area (TPSA) is 122 Å². The summed E-state index contributed by atoms with van der Waals surface area (Å²) in [5.41, 5.74) is 1.28. The maximum Gasteiger partial charge on any atom is 0.268 e. The van der Waals surface area contributed by atoms with Crippen LogP contribution in [0.1, 0.15) is 11.1 Å². The molecule has 1 N–H and O–H groups in total. The van der Waals surface area contributed by atoms with Gasteiger partial charge in [0.15, 0.2) is 0 Å². The molecule has 0 aliphatic rings. The Morgan fingerprint density at radius 3 is 2.65 bits per heavy atom. The number of anilines is 1. The van der Waals surface area contributed by atoms with Gasteiger partial charge in [-0.2, -0.15) is 14.6 Å². The van der Waals surface area contributed by atoms with Crippen molar-refractivity contribution in [3.8, 4) is 11.8 Å². The number of aromatic nitrogens is 2. The zero-order valence-corrected chi connectivity index (χ0v) is 18.5. The summed E-state index contributed by atoms with van der Waals surface area (Å²) in [5.74, 6) is -0.285. The summed E-state index contributed by atoms with van der Waals surface area (Å²) in [6.07, 6.45) is 2.30. The molecule has 0 saturated carbocycles. The van der Waals surface area contributed by atoms with Gasteiger partial charge < -0.3 is 4.74 Å². The number of benzene rings is 2. The Morgan fingerprint density at radius 2 is 2.03 bits per heavy atom. The highest BCUT2D eigenvalue weighted by molar-refractivity contribution is 7.90. The van der Waals surface area contributed by atoms with E-state index in [1.807, 2.05) is 30.3 Å². The maximum absolute atomic E-state index is 12.3. The highest BCUT2D eigenvalue weighted by Crippen LogP contribution is 2.27. The molecule has 1 aromatic heterocycles. The number of nitriles is 1. The summed E-state index contributed by atoms with van der Waals surface area (Å²) in [5, 5.41) is 11.6. The molecule has 2 aromatic carbocycles. The lowest BCUT2D eigenvalue weighted by Gasteiger charge is -2.09. The van der Waals surface area contributed by atoms with Crippen molar-refractivity contribution in [2.75, 3.05) is 11.6 Å². The molecular formula is C20H15ClN4O4S2. The molecular weight excluding hydrogens is 460 g/mol. The molecule has 0 radical (unpaired) electrons. The van der Waals surface area contributed by atoms with Crippen molar-refractivity contribution in [1.82, 2.24) is 9.36 Å². The fourth-order valence-corrected chi connectivity index (χ4v) is 4.03. The molecule has 158 valence electrons. The number of rotatable bonds is 7. The fourth-order valence-electron chi connectivity index (χ4n) is 2.35. The molecule has 0 saturated heterocycles. The number of carbonyl (C=O) groups excluding carboxylic acids is 1. The predicted molar refractivity (Wildman–Crippen MR) is 117 cm³/mol. The van der Waals surface area contributed by atoms with E-state index in [0.29, 0.717) is 34.5 Å². The van der Waals surface area contributed by atoms with Crippen LogP contribution in [-0.2, 0) is 21.2 Å². The summed E-state index contributed by atoms with van der Waals surface area (Å²) in [6.45, 7) is 0.346. The van der Waals surface area contributed by atoms with E-state index in [-0.39, 0.29) is 10.7 Å². The first-order valence-electron chi connectivity index (χ1n) is 8.69. The number of hydrogen-bond donors (Lipinski definition) is 1. The SMILES string of the molecule is CS(=O)(=O)c1nsc(NC(=O)/C(C#N)=C\c2ccc(OCc3ccccc3)c(Cl)c2)n1. The van der Waals surface area contributed by atoms with Crippen molar-refractivity contribution in [1.29, 1.82) is 5.26 Å². The van der Waals surface area contributed by atoms with E-state index in [1.165, 1.54) is 6.08 Å². The number of sulfone groups is 1. The maximum atomic E-state index is 12.3. The van der Waals surface area contributed by atoms with Gasteiger partial charge in [-0.25, -0.2) is 8.42 Å². The van der Waals surface area contributed by atoms with Gasteiger partial charge >= 0.3 is 0 Å². The van der Waals surface area contributed by atoms with Crippen LogP contribution in [0.3, 0.4) is 0 Å². The number of nitrogens with one attached hydrogen (secondary N) is 1. The average molecular weight is 475 g/mol. The quantitative estimate of drug-likeness (QED) is 0.409. The van der Waals surface area contributed by atoms with Crippen LogP contribution in [0, 0.1) is 11.3 Å². The molecule has 8 nitrogen and oxygen atoms in total. The molecule has 0 unspecified atom stereocenters. The van der Waals surface area contributed by atoms with Gasteiger partial charge in [-0.05, 0) is 29.3 Å². The second-order valence-corrected chi connectivity index (χ2v) is 9.31. The van der Waals surface area contributed by atoms with E-state index in [9.17, 15) is 18.5 Å². The lowest BCUT2D eigenvalue weighted by atomic mass is 10.1. The number of ether oxygens (including phenoxy) is 1. The molecule has 0 aliphatic carbocycles. The van der Waals surface area contributed by atoms with Crippen LogP contribution in [0.2, 0.25) is 5.02 Å². The first-order chi connectivity index (χ1) is 14.8. The molecule has 1 amide bonds. The van der Waals surface area contributed by atoms with Crippen LogP contribution < -0.4 is 10.1 Å². The number of amides is 1. The van der Waals surface area contributed by atoms with Crippen LogP contribution in [-0.4, -0.2) is 29.9 Å². The van der Waals surface area contributed by atoms with E-state index in [1.54, 1.807) is 24.3 Å². The van der Waals surface area contributed by atoms with Crippen LogP contribution in [0.5, 0.6) is 5.75 Å². The third-order valence-corrected chi connectivity index (χ3v) is 5.72. The van der Waals surface area contributed by atoms with Gasteiger partial charge in [-0.3, -0.25) is 10.1 Å². The first-order valence-corrected chi connectivity index (χ1v) is 11.7.